The van der Waals surface area contributed by atoms with Crippen molar-refractivity contribution in [1.82, 2.24) is 10.3 Å². The van der Waals surface area contributed by atoms with Gasteiger partial charge in [-0.25, -0.2) is 0 Å². The lowest BCUT2D eigenvalue weighted by Crippen LogP contribution is -2.39. The van der Waals surface area contributed by atoms with Gasteiger partial charge in [0.25, 0.3) is 0 Å². The van der Waals surface area contributed by atoms with Crippen molar-refractivity contribution in [2.75, 3.05) is 0 Å². The Hall–Kier alpha value is -1.75. The molecule has 1 aliphatic heterocycles. The highest BCUT2D eigenvalue weighted by atomic mass is 79.9. The molecule has 0 saturated carbocycles. The largest absolute Gasteiger partial charge is 0.296 e. The molecule has 2 heterocycles. The molecular formula is C14H11BrN2O2. The van der Waals surface area contributed by atoms with Gasteiger partial charge in [0, 0.05) is 16.3 Å². The van der Waals surface area contributed by atoms with Crippen LogP contribution in [0.15, 0.2) is 34.8 Å². The number of aromatic nitrogens is 1. The van der Waals surface area contributed by atoms with Gasteiger partial charge in [-0.2, -0.15) is 0 Å². The Balaban J connectivity index is 2.04. The Kier molecular flexibility index (Phi) is 3.06. The summed E-state index contributed by atoms with van der Waals surface area (Å²) in [5.41, 5.74) is 1.55. The molecule has 96 valence electrons. The van der Waals surface area contributed by atoms with Gasteiger partial charge in [0.1, 0.15) is 0 Å². The van der Waals surface area contributed by atoms with Crippen molar-refractivity contribution in [3.05, 3.63) is 40.5 Å². The number of pyridine rings is 1. The maximum Gasteiger partial charge on any atom is 0.235 e. The summed E-state index contributed by atoms with van der Waals surface area (Å²) < 4.78 is 0.902. The number of carbonyl (C=O) groups excluding carboxylic acids is 2. The van der Waals surface area contributed by atoms with E-state index in [9.17, 15) is 9.59 Å². The monoisotopic (exact) mass is 318 g/mol. The Labute approximate surface area is 118 Å². The van der Waals surface area contributed by atoms with Crippen LogP contribution in [0, 0.1) is 0 Å². The Morgan fingerprint density at radius 3 is 2.84 bits per heavy atom. The van der Waals surface area contributed by atoms with Crippen LogP contribution in [0.1, 0.15) is 24.5 Å². The fourth-order valence-electron chi connectivity index (χ4n) is 2.30. The second kappa shape index (κ2) is 4.74. The van der Waals surface area contributed by atoms with Crippen LogP contribution in [0.2, 0.25) is 0 Å². The molecule has 1 unspecified atom stereocenters. The lowest BCUT2D eigenvalue weighted by atomic mass is 9.94. The zero-order valence-electron chi connectivity index (χ0n) is 10.0. The topological polar surface area (TPSA) is 59.1 Å². The number of fused-ring (bicyclic) bond motifs is 1. The first-order valence-electron chi connectivity index (χ1n) is 6.04. The van der Waals surface area contributed by atoms with Crippen LogP contribution in [0.4, 0.5) is 0 Å². The summed E-state index contributed by atoms with van der Waals surface area (Å²) in [7, 11) is 0. The highest BCUT2D eigenvalue weighted by molar-refractivity contribution is 9.10. The third kappa shape index (κ3) is 2.26. The molecule has 1 aliphatic rings. The fraction of sp³-hybridized carbons (Fsp3) is 0.214. The van der Waals surface area contributed by atoms with Gasteiger partial charge in [0.05, 0.1) is 17.1 Å². The molecule has 3 rings (SSSR count). The zero-order chi connectivity index (χ0) is 13.4. The molecule has 5 heteroatoms. The number of amides is 2. The second-order valence-electron chi connectivity index (χ2n) is 4.55. The minimum Gasteiger partial charge on any atom is -0.296 e. The van der Waals surface area contributed by atoms with Crippen LogP contribution in [0.25, 0.3) is 10.9 Å². The number of carbonyl (C=O) groups is 2. The van der Waals surface area contributed by atoms with E-state index in [2.05, 4.69) is 26.2 Å². The number of hydrogen-bond donors (Lipinski definition) is 1. The molecule has 0 aliphatic carbocycles. The first kappa shape index (κ1) is 12.3. The van der Waals surface area contributed by atoms with Gasteiger partial charge in [-0.3, -0.25) is 19.9 Å². The minimum atomic E-state index is -0.339. The first-order chi connectivity index (χ1) is 9.15. The third-order valence-electron chi connectivity index (χ3n) is 3.29. The molecule has 1 fully saturated rings. The Morgan fingerprint density at radius 1 is 1.21 bits per heavy atom. The van der Waals surface area contributed by atoms with E-state index >= 15 is 0 Å². The third-order valence-corrected chi connectivity index (χ3v) is 3.93. The van der Waals surface area contributed by atoms with Crippen LogP contribution >= 0.6 is 15.9 Å². The normalized spacial score (nSPS) is 19.5. The Bertz CT molecular complexity index is 684. The fourth-order valence-corrected chi connectivity index (χ4v) is 2.77. The molecule has 0 radical (unpaired) electrons. The van der Waals surface area contributed by atoms with Crippen molar-refractivity contribution < 1.29 is 9.59 Å². The second-order valence-corrected chi connectivity index (χ2v) is 5.41. The van der Waals surface area contributed by atoms with Gasteiger partial charge in [-0.15, -0.1) is 0 Å². The van der Waals surface area contributed by atoms with Crippen LogP contribution in [-0.2, 0) is 9.59 Å². The molecule has 1 atom stereocenters. The zero-order valence-corrected chi connectivity index (χ0v) is 11.6. The Morgan fingerprint density at radius 2 is 2.05 bits per heavy atom. The average molecular weight is 319 g/mol. The van der Waals surface area contributed by atoms with Gasteiger partial charge in [0.2, 0.25) is 11.8 Å². The van der Waals surface area contributed by atoms with Gasteiger partial charge >= 0.3 is 0 Å². The summed E-state index contributed by atoms with van der Waals surface area (Å²) in [5, 5.41) is 3.38. The number of hydrogen-bond acceptors (Lipinski definition) is 3. The molecule has 1 aromatic heterocycles. The van der Waals surface area contributed by atoms with E-state index < -0.39 is 0 Å². The van der Waals surface area contributed by atoms with Crippen LogP contribution in [-0.4, -0.2) is 16.8 Å². The molecule has 2 aromatic rings. The molecule has 1 saturated heterocycles. The number of nitrogens with one attached hydrogen (secondary N) is 1. The number of nitrogens with zero attached hydrogens (tertiary/aromatic N) is 1. The van der Waals surface area contributed by atoms with E-state index in [0.29, 0.717) is 18.5 Å². The highest BCUT2D eigenvalue weighted by Gasteiger charge is 2.29. The minimum absolute atomic E-state index is 0.205. The number of halogens is 1. The maximum absolute atomic E-state index is 11.8. The number of para-hydroxylation sites is 1. The van der Waals surface area contributed by atoms with Crippen molar-refractivity contribution in [2.45, 2.75) is 18.8 Å². The van der Waals surface area contributed by atoms with Crippen LogP contribution in [0.3, 0.4) is 0 Å². The average Bonchev–Trinajstić information content (AvgIpc) is 2.39. The van der Waals surface area contributed by atoms with Gasteiger partial charge in [-0.05, 0) is 34.5 Å². The SMILES string of the molecule is O=C1CCC(c2ccc3cccc(Br)c3n2)C(=O)N1. The standard InChI is InChI=1S/C14H11BrN2O2/c15-10-3-1-2-8-4-6-11(16-13(8)10)9-5-7-12(18)17-14(9)19/h1-4,6,9H,5,7H2,(H,17,18,19). The molecule has 0 spiro atoms. The van der Waals surface area contributed by atoms with E-state index in [1.165, 1.54) is 0 Å². The summed E-state index contributed by atoms with van der Waals surface area (Å²) >= 11 is 3.46. The molecule has 19 heavy (non-hydrogen) atoms. The highest BCUT2D eigenvalue weighted by Crippen LogP contribution is 2.27. The summed E-state index contributed by atoms with van der Waals surface area (Å²) in [5.74, 6) is -0.799. The van der Waals surface area contributed by atoms with Gasteiger partial charge in [-0.1, -0.05) is 18.2 Å². The number of benzene rings is 1. The molecular weight excluding hydrogens is 308 g/mol. The summed E-state index contributed by atoms with van der Waals surface area (Å²) in [6.45, 7) is 0. The number of imide groups is 1. The lowest BCUT2D eigenvalue weighted by Gasteiger charge is -2.20. The first-order valence-corrected chi connectivity index (χ1v) is 6.83. The van der Waals surface area contributed by atoms with E-state index in [0.717, 1.165) is 15.4 Å². The van der Waals surface area contributed by atoms with E-state index in [1.807, 2.05) is 30.3 Å². The van der Waals surface area contributed by atoms with Crippen molar-refractivity contribution in [1.29, 1.82) is 0 Å². The van der Waals surface area contributed by atoms with E-state index in [1.54, 1.807) is 0 Å². The quantitative estimate of drug-likeness (QED) is 0.822. The number of piperidine rings is 1. The summed E-state index contributed by atoms with van der Waals surface area (Å²) in [6, 6.07) is 9.64. The van der Waals surface area contributed by atoms with E-state index in [-0.39, 0.29) is 17.7 Å². The summed E-state index contributed by atoms with van der Waals surface area (Å²) in [4.78, 5) is 27.6. The lowest BCUT2D eigenvalue weighted by molar-refractivity contribution is -0.134. The smallest absolute Gasteiger partial charge is 0.235 e. The van der Waals surface area contributed by atoms with Crippen molar-refractivity contribution in [3.63, 3.8) is 0 Å². The maximum atomic E-state index is 11.8. The molecule has 4 nitrogen and oxygen atoms in total. The van der Waals surface area contributed by atoms with Crippen molar-refractivity contribution in [3.8, 4) is 0 Å². The molecule has 0 bridgehead atoms. The van der Waals surface area contributed by atoms with Crippen LogP contribution in [0.5, 0.6) is 0 Å². The molecule has 2 amide bonds. The summed E-state index contributed by atoms with van der Waals surface area (Å²) in [6.07, 6.45) is 0.889. The van der Waals surface area contributed by atoms with Crippen molar-refractivity contribution in [2.24, 2.45) is 0 Å². The number of rotatable bonds is 1. The van der Waals surface area contributed by atoms with Gasteiger partial charge in [0.15, 0.2) is 0 Å². The molecule has 1 N–H and O–H groups in total. The van der Waals surface area contributed by atoms with Crippen molar-refractivity contribution >= 4 is 38.6 Å². The molecule has 1 aromatic carbocycles. The van der Waals surface area contributed by atoms with Gasteiger partial charge < -0.3 is 0 Å². The van der Waals surface area contributed by atoms with E-state index in [4.69, 9.17) is 0 Å². The predicted molar refractivity (Wildman–Crippen MR) is 74.6 cm³/mol. The predicted octanol–water partition coefficient (Wildman–Crippen LogP) is 2.52. The van der Waals surface area contributed by atoms with Crippen LogP contribution < -0.4 is 5.32 Å².